The summed E-state index contributed by atoms with van der Waals surface area (Å²) >= 11 is 0. The Kier molecular flexibility index (Phi) is 5.37. The summed E-state index contributed by atoms with van der Waals surface area (Å²) in [6, 6.07) is 6.60. The van der Waals surface area contributed by atoms with Gasteiger partial charge in [0.2, 0.25) is 5.91 Å². The van der Waals surface area contributed by atoms with Crippen LogP contribution in [0.1, 0.15) is 42.1 Å². The number of amides is 2. The zero-order chi connectivity index (χ0) is 18.9. The van der Waals surface area contributed by atoms with Crippen molar-refractivity contribution in [1.29, 1.82) is 0 Å². The van der Waals surface area contributed by atoms with Gasteiger partial charge in [-0.15, -0.1) is 0 Å². The second-order valence-electron chi connectivity index (χ2n) is 7.53. The molecule has 7 heteroatoms. The third-order valence-corrected chi connectivity index (χ3v) is 6.35. The van der Waals surface area contributed by atoms with E-state index in [0.29, 0.717) is 31.1 Å². The van der Waals surface area contributed by atoms with Crippen LogP contribution in [0.25, 0.3) is 0 Å². The van der Waals surface area contributed by atoms with Crippen LogP contribution in [0.5, 0.6) is 0 Å². The normalized spacial score (nSPS) is 19.5. The third-order valence-electron chi connectivity index (χ3n) is 5.37. The highest BCUT2D eigenvalue weighted by Crippen LogP contribution is 2.27. The number of nitrogens with zero attached hydrogens (tertiary/aromatic N) is 2. The minimum atomic E-state index is -3.22. The van der Waals surface area contributed by atoms with E-state index in [-0.39, 0.29) is 24.0 Å². The molecule has 0 aromatic heterocycles. The minimum Gasteiger partial charge on any atom is -0.341 e. The number of carbonyl (C=O) groups is 2. The van der Waals surface area contributed by atoms with Gasteiger partial charge < -0.3 is 9.80 Å². The summed E-state index contributed by atoms with van der Waals surface area (Å²) in [7, 11) is -3.22. The third kappa shape index (κ3) is 4.09. The Morgan fingerprint density at radius 3 is 2.50 bits per heavy atom. The van der Waals surface area contributed by atoms with Gasteiger partial charge in [-0.25, -0.2) is 8.42 Å². The maximum absolute atomic E-state index is 13.1. The van der Waals surface area contributed by atoms with Crippen LogP contribution < -0.4 is 0 Å². The van der Waals surface area contributed by atoms with Crippen molar-refractivity contribution in [1.82, 2.24) is 9.80 Å². The molecule has 1 fully saturated rings. The highest BCUT2D eigenvalue weighted by Gasteiger charge is 2.38. The number of fused-ring (bicyclic) bond motifs is 1. The predicted molar refractivity (Wildman–Crippen MR) is 99.4 cm³/mol. The van der Waals surface area contributed by atoms with Crippen LogP contribution in [-0.4, -0.2) is 61.2 Å². The zero-order valence-corrected chi connectivity index (χ0v) is 16.2. The average Bonchev–Trinajstić information content (AvgIpc) is 2.92. The van der Waals surface area contributed by atoms with Gasteiger partial charge in [-0.05, 0) is 36.8 Å². The lowest BCUT2D eigenvalue weighted by atomic mass is 9.98. The molecule has 1 saturated heterocycles. The van der Waals surface area contributed by atoms with Gasteiger partial charge in [-0.1, -0.05) is 25.1 Å². The molecule has 0 aliphatic carbocycles. The van der Waals surface area contributed by atoms with Crippen LogP contribution in [0.15, 0.2) is 24.3 Å². The molecule has 26 heavy (non-hydrogen) atoms. The number of hydrogen-bond donors (Lipinski definition) is 0. The summed E-state index contributed by atoms with van der Waals surface area (Å²) in [6.07, 6.45) is 3.19. The van der Waals surface area contributed by atoms with E-state index in [1.165, 1.54) is 0 Å². The average molecular weight is 378 g/mol. The fraction of sp³-hybridized carbons (Fsp3) is 0.579. The molecule has 142 valence electrons. The van der Waals surface area contributed by atoms with Crippen molar-refractivity contribution < 1.29 is 18.0 Å². The van der Waals surface area contributed by atoms with Gasteiger partial charge in [0.1, 0.15) is 15.9 Å². The van der Waals surface area contributed by atoms with Gasteiger partial charge in [0.05, 0.1) is 5.75 Å². The predicted octanol–water partition coefficient (Wildman–Crippen LogP) is 1.70. The van der Waals surface area contributed by atoms with E-state index in [9.17, 15) is 18.0 Å². The van der Waals surface area contributed by atoms with Crippen LogP contribution in [0.2, 0.25) is 0 Å². The van der Waals surface area contributed by atoms with Crippen molar-refractivity contribution in [2.45, 2.75) is 38.8 Å². The molecule has 0 bridgehead atoms. The van der Waals surface area contributed by atoms with Crippen molar-refractivity contribution in [3.63, 3.8) is 0 Å². The first-order valence-corrected chi connectivity index (χ1v) is 11.2. The Balaban J connectivity index is 1.82. The zero-order valence-electron chi connectivity index (χ0n) is 15.3. The fourth-order valence-corrected chi connectivity index (χ4v) is 4.36. The summed E-state index contributed by atoms with van der Waals surface area (Å²) < 4.78 is 23.3. The Morgan fingerprint density at radius 2 is 1.88 bits per heavy atom. The molecule has 0 N–H and O–H groups in total. The number of piperidine rings is 1. The van der Waals surface area contributed by atoms with Gasteiger partial charge in [-0.2, -0.15) is 0 Å². The minimum absolute atomic E-state index is 0.103. The lowest BCUT2D eigenvalue weighted by molar-refractivity contribution is -0.137. The van der Waals surface area contributed by atoms with E-state index in [1.807, 2.05) is 12.1 Å². The number of sulfone groups is 1. The summed E-state index contributed by atoms with van der Waals surface area (Å²) in [5.74, 6) is 0.180. The molecule has 0 radical (unpaired) electrons. The van der Waals surface area contributed by atoms with Crippen molar-refractivity contribution in [2.24, 2.45) is 5.92 Å². The largest absolute Gasteiger partial charge is 0.341 e. The highest BCUT2D eigenvalue weighted by atomic mass is 32.2. The van der Waals surface area contributed by atoms with Crippen molar-refractivity contribution in [3.05, 3.63) is 35.4 Å². The molecule has 2 amide bonds. The standard InChI is InChI=1S/C19H26N2O4S/c1-14-7-10-20(11-8-14)19(23)17(9-12-26(2,24)25)21-13-15-5-3-4-6-16(15)18(21)22/h3-6,14,17H,7-13H2,1-2H3. The second-order valence-corrected chi connectivity index (χ2v) is 9.79. The Bertz CT molecular complexity index is 798. The summed E-state index contributed by atoms with van der Waals surface area (Å²) in [6.45, 7) is 3.87. The molecule has 2 aliphatic rings. The van der Waals surface area contributed by atoms with Crippen LogP contribution in [0, 0.1) is 5.92 Å². The number of rotatable bonds is 5. The van der Waals surface area contributed by atoms with Crippen LogP contribution in [0.3, 0.4) is 0 Å². The number of carbonyl (C=O) groups excluding carboxylic acids is 2. The summed E-state index contributed by atoms with van der Waals surface area (Å²) in [5, 5.41) is 0. The molecule has 2 aliphatic heterocycles. The topological polar surface area (TPSA) is 74.8 Å². The van der Waals surface area contributed by atoms with Gasteiger partial charge >= 0.3 is 0 Å². The molecule has 6 nitrogen and oxygen atoms in total. The monoisotopic (exact) mass is 378 g/mol. The highest BCUT2D eigenvalue weighted by molar-refractivity contribution is 7.90. The van der Waals surface area contributed by atoms with E-state index in [1.54, 1.807) is 21.9 Å². The molecular formula is C19H26N2O4S. The molecule has 0 spiro atoms. The maximum Gasteiger partial charge on any atom is 0.255 e. The van der Waals surface area contributed by atoms with Crippen molar-refractivity contribution >= 4 is 21.7 Å². The second kappa shape index (κ2) is 7.39. The van der Waals surface area contributed by atoms with Gasteiger partial charge in [0.25, 0.3) is 5.91 Å². The Hall–Kier alpha value is -1.89. The molecule has 1 aromatic carbocycles. The van der Waals surface area contributed by atoms with Gasteiger partial charge in [0, 0.05) is 31.5 Å². The fourth-order valence-electron chi connectivity index (χ4n) is 3.71. The van der Waals surface area contributed by atoms with Gasteiger partial charge in [0.15, 0.2) is 0 Å². The van der Waals surface area contributed by atoms with Crippen LogP contribution in [0.4, 0.5) is 0 Å². The van der Waals surface area contributed by atoms with E-state index in [0.717, 1.165) is 24.7 Å². The smallest absolute Gasteiger partial charge is 0.255 e. The lowest BCUT2D eigenvalue weighted by Gasteiger charge is -2.36. The van der Waals surface area contributed by atoms with Crippen molar-refractivity contribution in [2.75, 3.05) is 25.1 Å². The lowest BCUT2D eigenvalue weighted by Crippen LogP contribution is -2.51. The summed E-state index contributed by atoms with van der Waals surface area (Å²) in [5.41, 5.74) is 1.50. The first-order valence-electron chi connectivity index (χ1n) is 9.11. The SMILES string of the molecule is CC1CCN(C(=O)C(CCS(C)(=O)=O)N2Cc3ccccc3C2=O)CC1. The van der Waals surface area contributed by atoms with Gasteiger partial charge in [-0.3, -0.25) is 9.59 Å². The van der Waals surface area contributed by atoms with Crippen LogP contribution >= 0.6 is 0 Å². The van der Waals surface area contributed by atoms with E-state index >= 15 is 0 Å². The first kappa shape index (κ1) is 18.9. The maximum atomic E-state index is 13.1. The Labute approximate surface area is 155 Å². The van der Waals surface area contributed by atoms with E-state index in [2.05, 4.69) is 6.92 Å². The number of hydrogen-bond acceptors (Lipinski definition) is 4. The molecule has 3 rings (SSSR count). The quantitative estimate of drug-likeness (QED) is 0.782. The van der Waals surface area contributed by atoms with Crippen LogP contribution in [-0.2, 0) is 21.2 Å². The van der Waals surface area contributed by atoms with E-state index in [4.69, 9.17) is 0 Å². The molecule has 1 unspecified atom stereocenters. The Morgan fingerprint density at radius 1 is 1.23 bits per heavy atom. The molecule has 2 heterocycles. The number of benzene rings is 1. The molecular weight excluding hydrogens is 352 g/mol. The van der Waals surface area contributed by atoms with E-state index < -0.39 is 15.9 Å². The number of likely N-dealkylation sites (tertiary alicyclic amines) is 1. The first-order chi connectivity index (χ1) is 12.3. The molecule has 1 aromatic rings. The van der Waals surface area contributed by atoms with Crippen molar-refractivity contribution in [3.8, 4) is 0 Å². The summed E-state index contributed by atoms with van der Waals surface area (Å²) in [4.78, 5) is 29.3. The molecule has 1 atom stereocenters. The molecule has 0 saturated carbocycles.